The molecule has 0 aromatic carbocycles. The first-order chi connectivity index (χ1) is 18.6. The summed E-state index contributed by atoms with van der Waals surface area (Å²) < 4.78 is 69.0. The van der Waals surface area contributed by atoms with Crippen LogP contribution >= 0.6 is 0 Å². The van der Waals surface area contributed by atoms with Crippen molar-refractivity contribution in [2.45, 2.75) is 74.9 Å². The lowest BCUT2D eigenvalue weighted by atomic mass is 9.50. The highest BCUT2D eigenvalue weighted by Crippen LogP contribution is 2.57. The van der Waals surface area contributed by atoms with Gasteiger partial charge in [0.05, 0.1) is 30.3 Å². The van der Waals surface area contributed by atoms with E-state index in [1.807, 2.05) is 0 Å². The van der Waals surface area contributed by atoms with Crippen LogP contribution in [0.25, 0.3) is 5.65 Å². The van der Waals surface area contributed by atoms with Gasteiger partial charge in [0.1, 0.15) is 11.8 Å². The molecule has 15 heteroatoms. The molecule has 5 aliphatic rings. The minimum Gasteiger partial charge on any atom is -0.441 e. The Bertz CT molecular complexity index is 1400. The number of alkyl halides is 4. The molecule has 0 radical (unpaired) electrons. The minimum absolute atomic E-state index is 0.0802. The van der Waals surface area contributed by atoms with Gasteiger partial charge in [0.25, 0.3) is 0 Å². The molecule has 1 saturated heterocycles. The fourth-order valence-corrected chi connectivity index (χ4v) is 5.57. The lowest BCUT2D eigenvalue weighted by Crippen LogP contribution is -2.68. The Morgan fingerprint density at radius 2 is 2.03 bits per heavy atom. The number of nitrogens with one attached hydrogen (secondary N) is 3. The summed E-state index contributed by atoms with van der Waals surface area (Å²) in [6, 6.07) is 3.28. The van der Waals surface area contributed by atoms with Crippen LogP contribution in [0.5, 0.6) is 0 Å². The molecule has 4 heterocycles. The molecule has 2 bridgehead atoms. The van der Waals surface area contributed by atoms with Crippen molar-refractivity contribution >= 4 is 23.5 Å². The molecule has 3 aromatic rings. The summed E-state index contributed by atoms with van der Waals surface area (Å²) in [6.45, 7) is -0.838. The van der Waals surface area contributed by atoms with Crippen LogP contribution in [0.1, 0.15) is 61.2 Å². The van der Waals surface area contributed by atoms with Crippen molar-refractivity contribution in [3.05, 3.63) is 35.4 Å². The standard InChI is InChI=1S/C24H25F4N7O4/c25-19-16(39-22(36)32-23-5-11(6-23)7-23)10-37-20(19)15-3-17(34-33-15)31-21-30-14(12-1-2-12)4-18-29-13(8-35(18)21)9-38-24(26,27)28/h3-4,8,11-12,16,19-20H,1-2,5-7,9-10H2,(H,32,36)(H2,30,31,33,34)/t11?,16-,19+,20-,23?/m0/s1. The van der Waals surface area contributed by atoms with Crippen LogP contribution in [-0.4, -0.2) is 61.4 Å². The lowest BCUT2D eigenvalue weighted by molar-refractivity contribution is -0.330. The zero-order chi connectivity index (χ0) is 26.9. The molecule has 0 spiro atoms. The van der Waals surface area contributed by atoms with E-state index in [1.54, 1.807) is 12.1 Å². The van der Waals surface area contributed by atoms with Crippen molar-refractivity contribution in [1.29, 1.82) is 0 Å². The summed E-state index contributed by atoms with van der Waals surface area (Å²) in [7, 11) is 0. The first kappa shape index (κ1) is 24.6. The Hall–Kier alpha value is -3.46. The van der Waals surface area contributed by atoms with Gasteiger partial charge in [0, 0.05) is 29.8 Å². The van der Waals surface area contributed by atoms with Crippen molar-refractivity contribution < 1.29 is 36.6 Å². The summed E-state index contributed by atoms with van der Waals surface area (Å²) in [5, 5.41) is 12.8. The molecule has 8 rings (SSSR count). The van der Waals surface area contributed by atoms with Gasteiger partial charge < -0.3 is 20.1 Å². The number of fused-ring (bicyclic) bond motifs is 1. The highest BCUT2D eigenvalue weighted by molar-refractivity contribution is 5.69. The summed E-state index contributed by atoms with van der Waals surface area (Å²) >= 11 is 0. The van der Waals surface area contributed by atoms with Crippen molar-refractivity contribution in [3.8, 4) is 0 Å². The van der Waals surface area contributed by atoms with E-state index in [4.69, 9.17) is 9.47 Å². The number of carbonyl (C=O) groups is 1. The zero-order valence-corrected chi connectivity index (χ0v) is 20.5. The molecular weight excluding hydrogens is 526 g/mol. The van der Waals surface area contributed by atoms with E-state index in [2.05, 4.69) is 35.5 Å². The van der Waals surface area contributed by atoms with Crippen LogP contribution in [0.15, 0.2) is 18.3 Å². The number of ether oxygens (including phenoxy) is 3. The van der Waals surface area contributed by atoms with Crippen LogP contribution in [0.4, 0.5) is 34.1 Å². The lowest BCUT2D eigenvalue weighted by Gasteiger charge is -2.61. The molecule has 208 valence electrons. The average molecular weight is 552 g/mol. The fourth-order valence-electron chi connectivity index (χ4n) is 5.57. The number of aromatic nitrogens is 5. The monoisotopic (exact) mass is 551 g/mol. The highest BCUT2D eigenvalue weighted by Gasteiger charge is 2.58. The van der Waals surface area contributed by atoms with E-state index in [1.165, 1.54) is 10.6 Å². The minimum atomic E-state index is -4.78. The molecule has 39 heavy (non-hydrogen) atoms. The number of alkyl carbamates (subject to hydrolysis) is 1. The number of nitrogens with zero attached hydrogens (tertiary/aromatic N) is 4. The summed E-state index contributed by atoms with van der Waals surface area (Å²) in [5.41, 5.74) is 1.40. The number of hydrogen-bond acceptors (Lipinski definition) is 8. The number of halogens is 4. The predicted molar refractivity (Wildman–Crippen MR) is 125 cm³/mol. The Morgan fingerprint density at radius 3 is 2.72 bits per heavy atom. The zero-order valence-electron chi connectivity index (χ0n) is 20.5. The maximum atomic E-state index is 15.2. The molecule has 3 N–H and O–H groups in total. The van der Waals surface area contributed by atoms with Gasteiger partial charge in [-0.15, -0.1) is 13.2 Å². The third-order valence-electron chi connectivity index (χ3n) is 7.80. The molecule has 1 aliphatic heterocycles. The Morgan fingerprint density at radius 1 is 1.23 bits per heavy atom. The van der Waals surface area contributed by atoms with E-state index >= 15 is 4.39 Å². The van der Waals surface area contributed by atoms with Gasteiger partial charge in [-0.05, 0) is 38.0 Å². The molecule has 4 aliphatic carbocycles. The van der Waals surface area contributed by atoms with E-state index < -0.39 is 37.4 Å². The Labute approximate surface area is 218 Å². The number of H-pyrrole nitrogens is 1. The first-order valence-corrected chi connectivity index (χ1v) is 12.8. The van der Waals surface area contributed by atoms with Gasteiger partial charge in [0.2, 0.25) is 5.95 Å². The van der Waals surface area contributed by atoms with Gasteiger partial charge >= 0.3 is 12.5 Å². The smallest absolute Gasteiger partial charge is 0.441 e. The summed E-state index contributed by atoms with van der Waals surface area (Å²) in [4.78, 5) is 21.1. The van der Waals surface area contributed by atoms with Crippen molar-refractivity contribution in [1.82, 2.24) is 29.9 Å². The van der Waals surface area contributed by atoms with Crippen LogP contribution in [0.2, 0.25) is 0 Å². The maximum absolute atomic E-state index is 15.2. The molecule has 11 nitrogen and oxygen atoms in total. The van der Waals surface area contributed by atoms with Crippen molar-refractivity contribution in [2.75, 3.05) is 11.9 Å². The van der Waals surface area contributed by atoms with Gasteiger partial charge in [-0.3, -0.25) is 14.2 Å². The van der Waals surface area contributed by atoms with Crippen LogP contribution in [0, 0.1) is 5.92 Å². The maximum Gasteiger partial charge on any atom is 0.522 e. The third-order valence-corrected chi connectivity index (χ3v) is 7.80. The van der Waals surface area contributed by atoms with E-state index in [9.17, 15) is 18.0 Å². The largest absolute Gasteiger partial charge is 0.522 e. The SMILES string of the molecule is O=C(NC12CC(C1)C2)O[C@H]1CO[C@@H](c2cc(Nc3nc(C4CC4)cc4nc(COC(F)(F)F)cn34)n[nH]2)[C@@H]1F. The van der Waals surface area contributed by atoms with Gasteiger partial charge in [-0.25, -0.2) is 19.2 Å². The van der Waals surface area contributed by atoms with Gasteiger partial charge in [-0.2, -0.15) is 5.10 Å². The van der Waals surface area contributed by atoms with E-state index in [-0.39, 0.29) is 35.5 Å². The molecule has 3 aromatic heterocycles. The third kappa shape index (κ3) is 4.77. The normalized spacial score (nSPS) is 29.6. The quantitative estimate of drug-likeness (QED) is 0.356. The molecule has 5 fully saturated rings. The molecule has 1 amide bonds. The molecule has 0 unspecified atom stereocenters. The average Bonchev–Trinajstić information content (AvgIpc) is 3.27. The number of carbonyl (C=O) groups excluding carboxylic acids is 1. The van der Waals surface area contributed by atoms with Gasteiger partial charge in [0.15, 0.2) is 18.1 Å². The second kappa shape index (κ2) is 8.78. The Balaban J connectivity index is 1.05. The Kier molecular flexibility index (Phi) is 5.53. The first-order valence-electron chi connectivity index (χ1n) is 12.8. The van der Waals surface area contributed by atoms with Gasteiger partial charge in [-0.1, -0.05) is 0 Å². The summed E-state index contributed by atoms with van der Waals surface area (Å²) in [5.74, 6) is 1.51. The van der Waals surface area contributed by atoms with Crippen LogP contribution in [0.3, 0.4) is 0 Å². The number of imidazole rings is 1. The molecular formula is C24H25F4N7O4. The fraction of sp³-hybridized carbons (Fsp3) is 0.583. The number of anilines is 2. The molecule has 3 atom stereocenters. The summed E-state index contributed by atoms with van der Waals surface area (Å²) in [6.07, 6.45) is -2.94. The number of hydrogen-bond donors (Lipinski definition) is 3. The van der Waals surface area contributed by atoms with E-state index in [0.29, 0.717) is 17.3 Å². The van der Waals surface area contributed by atoms with E-state index in [0.717, 1.165) is 37.8 Å². The second-order valence-electron chi connectivity index (χ2n) is 10.8. The van der Waals surface area contributed by atoms with Crippen LogP contribution in [-0.2, 0) is 20.8 Å². The molecule has 4 saturated carbocycles. The topological polar surface area (TPSA) is 128 Å². The predicted octanol–water partition coefficient (Wildman–Crippen LogP) is 4.17. The van der Waals surface area contributed by atoms with Crippen LogP contribution < -0.4 is 10.6 Å². The van der Waals surface area contributed by atoms with Crippen molar-refractivity contribution in [2.24, 2.45) is 5.92 Å². The number of amides is 1. The number of aromatic amines is 1. The van der Waals surface area contributed by atoms with Crippen molar-refractivity contribution in [3.63, 3.8) is 0 Å². The second-order valence-corrected chi connectivity index (χ2v) is 10.8. The highest BCUT2D eigenvalue weighted by atomic mass is 19.4. The number of rotatable bonds is 8.